The Morgan fingerprint density at radius 3 is 2.84 bits per heavy atom. The molecule has 2 aliphatic heterocycles. The van der Waals surface area contributed by atoms with Gasteiger partial charge in [-0.1, -0.05) is 0 Å². The summed E-state index contributed by atoms with van der Waals surface area (Å²) in [6.07, 6.45) is 9.15. The van der Waals surface area contributed by atoms with Crippen molar-refractivity contribution in [1.29, 1.82) is 5.26 Å². The Bertz CT molecular complexity index is 1530. The summed E-state index contributed by atoms with van der Waals surface area (Å²) in [5.74, 6) is -0.332. The number of fused-ring (bicyclic) bond motifs is 1. The summed E-state index contributed by atoms with van der Waals surface area (Å²) >= 11 is 0. The first-order valence-electron chi connectivity index (χ1n) is 12.6. The van der Waals surface area contributed by atoms with E-state index in [1.807, 2.05) is 23.1 Å². The van der Waals surface area contributed by atoms with Gasteiger partial charge in [-0.15, -0.1) is 0 Å². The number of benzene rings is 1. The lowest BCUT2D eigenvalue weighted by molar-refractivity contribution is -0.0412. The topological polar surface area (TPSA) is 116 Å². The number of carbonyl (C=O) groups excluding carboxylic acids is 1. The first-order chi connectivity index (χ1) is 18.5. The molecule has 6 rings (SSSR count). The predicted octanol–water partition coefficient (Wildman–Crippen LogP) is 3.20. The van der Waals surface area contributed by atoms with E-state index in [9.17, 15) is 14.4 Å². The second-order valence-electron chi connectivity index (χ2n) is 9.97. The lowest BCUT2D eigenvalue weighted by Crippen LogP contribution is -2.66. The highest BCUT2D eigenvalue weighted by molar-refractivity contribution is 5.97. The number of piperidine rings is 1. The molecule has 4 aromatic rings. The number of amides is 1. The monoisotopic (exact) mass is 514 g/mol. The van der Waals surface area contributed by atoms with Gasteiger partial charge >= 0.3 is 0 Å². The van der Waals surface area contributed by atoms with Crippen molar-refractivity contribution in [2.45, 2.75) is 30.8 Å². The lowest BCUT2D eigenvalue weighted by atomic mass is 9.83. The standard InChI is InChI=1S/C27H27FN8O2/c1-38-23-12-19(28)2-3-21(23)26(37)34-10-5-20(6-11-34)35-15-27(16-35,7-8-29)36-14-18(13-33-36)24-22-4-9-30-25(22)32-17-31-24/h2-4,9,12-14,17,20H,5-7,10-11,15-16H2,1H3,(H,30,31,32). The molecule has 0 bridgehead atoms. The molecule has 5 heterocycles. The van der Waals surface area contributed by atoms with Crippen molar-refractivity contribution in [3.63, 3.8) is 0 Å². The summed E-state index contributed by atoms with van der Waals surface area (Å²) in [6.45, 7) is 2.65. The number of rotatable bonds is 6. The number of aromatic nitrogens is 5. The van der Waals surface area contributed by atoms with E-state index in [2.05, 4.69) is 31.0 Å². The van der Waals surface area contributed by atoms with E-state index >= 15 is 0 Å². The molecule has 1 aromatic carbocycles. The van der Waals surface area contributed by atoms with Crippen molar-refractivity contribution in [2.75, 3.05) is 33.3 Å². The van der Waals surface area contributed by atoms with E-state index in [0.29, 0.717) is 31.1 Å². The minimum absolute atomic E-state index is 0.145. The van der Waals surface area contributed by atoms with Gasteiger partial charge in [0.1, 0.15) is 29.1 Å². The Hall–Kier alpha value is -4.30. The third-order valence-electron chi connectivity index (χ3n) is 7.76. The van der Waals surface area contributed by atoms with Crippen LogP contribution in [0.4, 0.5) is 4.39 Å². The number of nitriles is 1. The lowest BCUT2D eigenvalue weighted by Gasteiger charge is -2.53. The molecule has 0 spiro atoms. The number of aromatic amines is 1. The van der Waals surface area contributed by atoms with E-state index in [4.69, 9.17) is 4.74 Å². The zero-order chi connectivity index (χ0) is 26.3. The number of hydrogen-bond donors (Lipinski definition) is 1. The molecule has 2 saturated heterocycles. The van der Waals surface area contributed by atoms with E-state index in [-0.39, 0.29) is 11.7 Å². The van der Waals surface area contributed by atoms with Crippen LogP contribution in [-0.2, 0) is 5.54 Å². The van der Waals surface area contributed by atoms with Crippen LogP contribution < -0.4 is 4.74 Å². The smallest absolute Gasteiger partial charge is 0.257 e. The number of H-pyrrole nitrogens is 1. The van der Waals surface area contributed by atoms with Gasteiger partial charge in [0.2, 0.25) is 0 Å². The fourth-order valence-corrected chi connectivity index (χ4v) is 5.71. The Morgan fingerprint density at radius 1 is 1.26 bits per heavy atom. The first-order valence-corrected chi connectivity index (χ1v) is 12.6. The van der Waals surface area contributed by atoms with Gasteiger partial charge in [0.05, 0.1) is 37.1 Å². The zero-order valence-corrected chi connectivity index (χ0v) is 21.0. The van der Waals surface area contributed by atoms with Crippen LogP contribution >= 0.6 is 0 Å². The summed E-state index contributed by atoms with van der Waals surface area (Å²) in [4.78, 5) is 29.1. The summed E-state index contributed by atoms with van der Waals surface area (Å²) in [7, 11) is 1.44. The fraction of sp³-hybridized carbons (Fsp3) is 0.370. The molecule has 0 saturated carbocycles. The number of nitrogens with zero attached hydrogens (tertiary/aromatic N) is 7. The normalized spacial score (nSPS) is 17.8. The number of hydrogen-bond acceptors (Lipinski definition) is 7. The molecule has 194 valence electrons. The molecule has 0 aliphatic carbocycles. The Balaban J connectivity index is 1.12. The predicted molar refractivity (Wildman–Crippen MR) is 137 cm³/mol. The molecule has 0 atom stereocenters. The van der Waals surface area contributed by atoms with Gasteiger partial charge in [0.15, 0.2) is 0 Å². The number of nitrogens with one attached hydrogen (secondary N) is 1. The number of ether oxygens (including phenoxy) is 1. The molecule has 1 amide bonds. The third-order valence-corrected chi connectivity index (χ3v) is 7.76. The van der Waals surface area contributed by atoms with Gasteiger partial charge < -0.3 is 14.6 Å². The Kier molecular flexibility index (Phi) is 6.04. The summed E-state index contributed by atoms with van der Waals surface area (Å²) in [6, 6.07) is 8.62. The van der Waals surface area contributed by atoms with Crippen LogP contribution in [-0.4, -0.2) is 79.8 Å². The number of likely N-dealkylation sites (tertiary alicyclic amines) is 2. The van der Waals surface area contributed by atoms with E-state index in [1.54, 1.807) is 11.1 Å². The molecule has 2 aliphatic rings. The van der Waals surface area contributed by atoms with Crippen molar-refractivity contribution < 1.29 is 13.9 Å². The van der Waals surface area contributed by atoms with Crippen LogP contribution in [0.2, 0.25) is 0 Å². The van der Waals surface area contributed by atoms with E-state index in [1.165, 1.54) is 31.6 Å². The zero-order valence-electron chi connectivity index (χ0n) is 21.0. The number of halogens is 1. The SMILES string of the molecule is COc1cc(F)ccc1C(=O)N1CCC(N2CC(CC#N)(n3cc(-c4ncnc5[nH]ccc45)cn3)C2)CC1. The van der Waals surface area contributed by atoms with Crippen LogP contribution in [0.1, 0.15) is 29.6 Å². The van der Waals surface area contributed by atoms with Crippen molar-refractivity contribution in [3.8, 4) is 23.1 Å². The molecule has 0 radical (unpaired) electrons. The maximum Gasteiger partial charge on any atom is 0.257 e. The van der Waals surface area contributed by atoms with Gasteiger partial charge in [-0.3, -0.25) is 14.4 Å². The average molecular weight is 515 g/mol. The van der Waals surface area contributed by atoms with Crippen LogP contribution in [0.15, 0.2) is 49.2 Å². The minimum Gasteiger partial charge on any atom is -0.496 e. The maximum atomic E-state index is 13.6. The van der Waals surface area contributed by atoms with Crippen molar-refractivity contribution in [1.82, 2.24) is 34.5 Å². The minimum atomic E-state index is -0.435. The Labute approximate surface area is 218 Å². The largest absolute Gasteiger partial charge is 0.496 e. The van der Waals surface area contributed by atoms with E-state index in [0.717, 1.165) is 48.2 Å². The molecule has 1 N–H and O–H groups in total. The van der Waals surface area contributed by atoms with E-state index < -0.39 is 11.4 Å². The van der Waals surface area contributed by atoms with Crippen molar-refractivity contribution >= 4 is 16.9 Å². The molecule has 10 nitrogen and oxygen atoms in total. The first kappa shape index (κ1) is 24.1. The highest BCUT2D eigenvalue weighted by Crippen LogP contribution is 2.37. The van der Waals surface area contributed by atoms with Gasteiger partial charge in [-0.2, -0.15) is 10.4 Å². The third kappa shape index (κ3) is 4.07. The molecule has 3 aromatic heterocycles. The second-order valence-corrected chi connectivity index (χ2v) is 9.97. The quantitative estimate of drug-likeness (QED) is 0.420. The van der Waals surface area contributed by atoms with Gasteiger partial charge in [0, 0.05) is 61.6 Å². The number of carbonyl (C=O) groups is 1. The van der Waals surface area contributed by atoms with Crippen LogP contribution in [0.5, 0.6) is 5.75 Å². The highest BCUT2D eigenvalue weighted by atomic mass is 19.1. The molecule has 11 heteroatoms. The average Bonchev–Trinajstić information content (AvgIpc) is 3.60. The van der Waals surface area contributed by atoms with Gasteiger partial charge in [-0.05, 0) is 31.0 Å². The Morgan fingerprint density at radius 2 is 2.08 bits per heavy atom. The van der Waals surface area contributed by atoms with Gasteiger partial charge in [0.25, 0.3) is 5.91 Å². The fourth-order valence-electron chi connectivity index (χ4n) is 5.71. The molecule has 0 unspecified atom stereocenters. The maximum absolute atomic E-state index is 13.6. The summed E-state index contributed by atoms with van der Waals surface area (Å²) in [5, 5.41) is 15.2. The number of methoxy groups -OCH3 is 1. The summed E-state index contributed by atoms with van der Waals surface area (Å²) in [5.41, 5.74) is 2.44. The summed E-state index contributed by atoms with van der Waals surface area (Å²) < 4.78 is 20.7. The highest BCUT2D eigenvalue weighted by Gasteiger charge is 2.48. The van der Waals surface area contributed by atoms with Crippen molar-refractivity contribution in [2.24, 2.45) is 0 Å². The molecular weight excluding hydrogens is 487 g/mol. The van der Waals surface area contributed by atoms with Gasteiger partial charge in [-0.25, -0.2) is 14.4 Å². The van der Waals surface area contributed by atoms with Crippen molar-refractivity contribution in [3.05, 3.63) is 60.6 Å². The van der Waals surface area contributed by atoms with Crippen LogP contribution in [0, 0.1) is 17.1 Å². The molecule has 2 fully saturated rings. The molecule has 38 heavy (non-hydrogen) atoms. The van der Waals surface area contributed by atoms with Crippen LogP contribution in [0.25, 0.3) is 22.3 Å². The second kappa shape index (κ2) is 9.54. The molecular formula is C27H27FN8O2. The van der Waals surface area contributed by atoms with Crippen LogP contribution in [0.3, 0.4) is 0 Å².